The molecule has 0 radical (unpaired) electrons. The predicted octanol–water partition coefficient (Wildman–Crippen LogP) is 3.17. The molecule has 0 unspecified atom stereocenters. The van der Waals surface area contributed by atoms with Crippen LogP contribution in [0.25, 0.3) is 0 Å². The number of ether oxygens (including phenoxy) is 3. The lowest BCUT2D eigenvalue weighted by Crippen LogP contribution is -2.14. The Bertz CT molecular complexity index is 1020. The van der Waals surface area contributed by atoms with Gasteiger partial charge in [0.05, 0.1) is 25.5 Å². The zero-order valence-corrected chi connectivity index (χ0v) is 17.1. The number of carbonyl (C=O) groups excluding carboxylic acids is 2. The lowest BCUT2D eigenvalue weighted by molar-refractivity contribution is -0.113. The Hall–Kier alpha value is -3.53. The molecule has 2 aromatic carbocycles. The molecule has 1 amide bonds. The van der Waals surface area contributed by atoms with Crippen LogP contribution >= 0.6 is 11.8 Å². The second-order valence-corrected chi connectivity index (χ2v) is 6.77. The van der Waals surface area contributed by atoms with Crippen LogP contribution in [-0.2, 0) is 16.1 Å². The van der Waals surface area contributed by atoms with Crippen LogP contribution in [0.5, 0.6) is 11.5 Å². The highest BCUT2D eigenvalue weighted by Crippen LogP contribution is 2.21. The van der Waals surface area contributed by atoms with Gasteiger partial charge in [-0.3, -0.25) is 4.79 Å². The lowest BCUT2D eigenvalue weighted by Gasteiger charge is -2.06. The summed E-state index contributed by atoms with van der Waals surface area (Å²) in [6.45, 7) is 0.0905. The summed E-state index contributed by atoms with van der Waals surface area (Å²) in [5, 5.41) is 10.7. The van der Waals surface area contributed by atoms with Crippen molar-refractivity contribution in [1.82, 2.24) is 10.2 Å². The van der Waals surface area contributed by atoms with Gasteiger partial charge in [-0.1, -0.05) is 23.9 Å². The molecule has 0 fully saturated rings. The molecule has 3 aromatic rings. The minimum absolute atomic E-state index is 0.0564. The third kappa shape index (κ3) is 5.98. The van der Waals surface area contributed by atoms with E-state index in [1.54, 1.807) is 37.4 Å². The molecule has 0 spiro atoms. The van der Waals surface area contributed by atoms with E-state index in [-0.39, 0.29) is 29.4 Å². The molecule has 0 atom stereocenters. The van der Waals surface area contributed by atoms with Crippen LogP contribution in [0.3, 0.4) is 0 Å². The summed E-state index contributed by atoms with van der Waals surface area (Å²) in [6.07, 6.45) is 0. The highest BCUT2D eigenvalue weighted by molar-refractivity contribution is 7.99. The molecule has 10 heteroatoms. The Morgan fingerprint density at radius 2 is 1.87 bits per heavy atom. The fraction of sp³-hybridized carbons (Fsp3) is 0.200. The summed E-state index contributed by atoms with van der Waals surface area (Å²) >= 11 is 1.09. The summed E-state index contributed by atoms with van der Waals surface area (Å²) < 4.78 is 20.9. The van der Waals surface area contributed by atoms with Crippen LogP contribution in [0.2, 0.25) is 0 Å². The first-order chi connectivity index (χ1) is 14.6. The molecular formula is C20H19N3O6S. The fourth-order valence-electron chi connectivity index (χ4n) is 2.36. The van der Waals surface area contributed by atoms with Crippen molar-refractivity contribution in [3.63, 3.8) is 0 Å². The van der Waals surface area contributed by atoms with E-state index in [9.17, 15) is 9.59 Å². The van der Waals surface area contributed by atoms with Crippen molar-refractivity contribution < 1.29 is 28.2 Å². The van der Waals surface area contributed by atoms with Crippen molar-refractivity contribution in [1.29, 1.82) is 0 Å². The smallest absolute Gasteiger partial charge is 0.337 e. The Kier molecular flexibility index (Phi) is 7.28. The van der Waals surface area contributed by atoms with Crippen LogP contribution in [0.4, 0.5) is 5.69 Å². The number of benzene rings is 2. The normalized spacial score (nSPS) is 10.3. The second kappa shape index (κ2) is 10.3. The number of nitrogens with zero attached hydrogens (tertiary/aromatic N) is 2. The van der Waals surface area contributed by atoms with Gasteiger partial charge in [-0.15, -0.1) is 10.2 Å². The van der Waals surface area contributed by atoms with Gasteiger partial charge in [0.2, 0.25) is 5.91 Å². The van der Waals surface area contributed by atoms with Crippen LogP contribution in [-0.4, -0.2) is 42.0 Å². The quantitative estimate of drug-likeness (QED) is 0.405. The number of esters is 1. The number of rotatable bonds is 9. The van der Waals surface area contributed by atoms with Gasteiger partial charge in [-0.05, 0) is 30.3 Å². The predicted molar refractivity (Wildman–Crippen MR) is 109 cm³/mol. The number of nitrogens with one attached hydrogen (secondary N) is 1. The summed E-state index contributed by atoms with van der Waals surface area (Å²) in [5.74, 6) is 0.865. The van der Waals surface area contributed by atoms with Crippen molar-refractivity contribution >= 4 is 29.3 Å². The number of methoxy groups -OCH3 is 2. The van der Waals surface area contributed by atoms with Gasteiger partial charge in [0.1, 0.15) is 11.5 Å². The van der Waals surface area contributed by atoms with E-state index in [1.807, 2.05) is 12.1 Å². The van der Waals surface area contributed by atoms with Gasteiger partial charge in [0, 0.05) is 11.8 Å². The third-order valence-corrected chi connectivity index (χ3v) is 4.56. The minimum Gasteiger partial charge on any atom is -0.497 e. The molecule has 30 heavy (non-hydrogen) atoms. The van der Waals surface area contributed by atoms with E-state index in [2.05, 4.69) is 20.3 Å². The number of anilines is 1. The number of aromatic nitrogens is 2. The summed E-state index contributed by atoms with van der Waals surface area (Å²) in [4.78, 5) is 23.7. The third-order valence-electron chi connectivity index (χ3n) is 3.75. The largest absolute Gasteiger partial charge is 0.497 e. The maximum Gasteiger partial charge on any atom is 0.337 e. The zero-order chi connectivity index (χ0) is 21.3. The highest BCUT2D eigenvalue weighted by Gasteiger charge is 2.12. The first-order valence-corrected chi connectivity index (χ1v) is 9.76. The Morgan fingerprint density at radius 1 is 1.07 bits per heavy atom. The standard InChI is InChI=1S/C20H19N3O6S/c1-26-15-7-4-8-16(10-15)28-11-18-22-23-20(29-18)30-12-17(24)21-14-6-3-5-13(9-14)19(25)27-2/h3-10H,11-12H2,1-2H3,(H,21,24). The number of amides is 1. The number of hydrogen-bond donors (Lipinski definition) is 1. The first-order valence-electron chi connectivity index (χ1n) is 8.77. The van der Waals surface area contributed by atoms with Gasteiger partial charge in [-0.2, -0.15) is 0 Å². The maximum atomic E-state index is 12.1. The summed E-state index contributed by atoms with van der Waals surface area (Å²) in [7, 11) is 2.87. The molecule has 0 aliphatic carbocycles. The minimum atomic E-state index is -0.477. The molecule has 3 rings (SSSR count). The van der Waals surface area contributed by atoms with Crippen molar-refractivity contribution in [2.24, 2.45) is 0 Å². The van der Waals surface area contributed by atoms with E-state index in [1.165, 1.54) is 13.2 Å². The molecule has 0 aliphatic rings. The SMILES string of the molecule is COC(=O)c1cccc(NC(=O)CSc2nnc(COc3cccc(OC)c3)o2)c1. The van der Waals surface area contributed by atoms with Crippen LogP contribution < -0.4 is 14.8 Å². The molecule has 0 bridgehead atoms. The number of hydrogen-bond acceptors (Lipinski definition) is 9. The van der Waals surface area contributed by atoms with E-state index >= 15 is 0 Å². The number of thioether (sulfide) groups is 1. The second-order valence-electron chi connectivity index (χ2n) is 5.84. The zero-order valence-electron chi connectivity index (χ0n) is 16.3. The van der Waals surface area contributed by atoms with Crippen molar-refractivity contribution in [3.05, 3.63) is 60.0 Å². The molecule has 0 aliphatic heterocycles. The van der Waals surface area contributed by atoms with E-state index < -0.39 is 5.97 Å². The summed E-state index contributed by atoms with van der Waals surface area (Å²) in [5.41, 5.74) is 0.835. The van der Waals surface area contributed by atoms with Gasteiger partial charge < -0.3 is 23.9 Å². The Morgan fingerprint density at radius 3 is 2.67 bits per heavy atom. The average molecular weight is 429 g/mol. The summed E-state index contributed by atoms with van der Waals surface area (Å²) in [6, 6.07) is 13.6. The van der Waals surface area contributed by atoms with Crippen LogP contribution in [0.1, 0.15) is 16.2 Å². The van der Waals surface area contributed by atoms with Crippen molar-refractivity contribution in [3.8, 4) is 11.5 Å². The van der Waals surface area contributed by atoms with Crippen molar-refractivity contribution in [2.45, 2.75) is 11.8 Å². The Balaban J connectivity index is 1.48. The van der Waals surface area contributed by atoms with Gasteiger partial charge in [0.25, 0.3) is 11.1 Å². The first kappa shape index (κ1) is 21.2. The Labute approximate surface area is 176 Å². The fourth-order valence-corrected chi connectivity index (χ4v) is 2.94. The molecule has 0 saturated heterocycles. The highest BCUT2D eigenvalue weighted by atomic mass is 32.2. The van der Waals surface area contributed by atoms with Gasteiger partial charge in [-0.25, -0.2) is 4.79 Å². The number of carbonyl (C=O) groups is 2. The molecule has 1 heterocycles. The van der Waals surface area contributed by atoms with Crippen molar-refractivity contribution in [2.75, 3.05) is 25.3 Å². The molecule has 1 aromatic heterocycles. The molecular weight excluding hydrogens is 410 g/mol. The van der Waals surface area contributed by atoms with E-state index in [0.29, 0.717) is 22.7 Å². The molecule has 156 valence electrons. The molecule has 0 saturated carbocycles. The van der Waals surface area contributed by atoms with Gasteiger partial charge in [0.15, 0.2) is 6.61 Å². The van der Waals surface area contributed by atoms with Crippen LogP contribution in [0, 0.1) is 0 Å². The molecule has 1 N–H and O–H groups in total. The van der Waals surface area contributed by atoms with Gasteiger partial charge >= 0.3 is 5.97 Å². The topological polar surface area (TPSA) is 113 Å². The van der Waals surface area contributed by atoms with E-state index in [4.69, 9.17) is 13.9 Å². The maximum absolute atomic E-state index is 12.1. The van der Waals surface area contributed by atoms with Crippen LogP contribution in [0.15, 0.2) is 58.2 Å². The van der Waals surface area contributed by atoms with E-state index in [0.717, 1.165) is 11.8 Å². The average Bonchev–Trinajstić information content (AvgIpc) is 3.24. The lowest BCUT2D eigenvalue weighted by atomic mass is 10.2. The molecule has 9 nitrogen and oxygen atoms in total. The monoisotopic (exact) mass is 429 g/mol.